The molecule has 2 heterocycles. The number of hydrogen-bond acceptors (Lipinski definition) is 4. The summed E-state index contributed by atoms with van der Waals surface area (Å²) < 4.78 is 26.5. The van der Waals surface area contributed by atoms with Gasteiger partial charge in [0, 0.05) is 18.2 Å². The Morgan fingerprint density at radius 1 is 1.10 bits per heavy atom. The van der Waals surface area contributed by atoms with Gasteiger partial charge in [0.2, 0.25) is 0 Å². The van der Waals surface area contributed by atoms with Crippen LogP contribution in [-0.2, 0) is 13.0 Å². The molecule has 0 saturated heterocycles. The lowest BCUT2D eigenvalue weighted by Gasteiger charge is -2.12. The summed E-state index contributed by atoms with van der Waals surface area (Å²) in [7, 11) is 3.11. The molecule has 1 aliphatic rings. The first-order valence-corrected chi connectivity index (χ1v) is 9.99. The maximum Gasteiger partial charge on any atom is 0.276 e. The van der Waals surface area contributed by atoms with Gasteiger partial charge in [-0.25, -0.2) is 9.37 Å². The van der Waals surface area contributed by atoms with Crippen LogP contribution in [0, 0.1) is 5.82 Å². The molecule has 0 spiro atoms. The van der Waals surface area contributed by atoms with Crippen molar-refractivity contribution in [2.24, 2.45) is 0 Å². The van der Waals surface area contributed by atoms with E-state index in [1.807, 2.05) is 6.07 Å². The molecule has 2 aromatic carbocycles. The maximum absolute atomic E-state index is 13.8. The summed E-state index contributed by atoms with van der Waals surface area (Å²) in [6.45, 7) is 0.757. The van der Waals surface area contributed by atoms with E-state index in [-0.39, 0.29) is 11.7 Å². The first kappa shape index (κ1) is 19.9. The normalized spacial score (nSPS) is 13.3. The Labute approximate surface area is 174 Å². The molecule has 1 N–H and O–H groups in total. The molecule has 0 radical (unpaired) electrons. The summed E-state index contributed by atoms with van der Waals surface area (Å²) in [6, 6.07) is 11.5. The number of aromatic nitrogens is 2. The summed E-state index contributed by atoms with van der Waals surface area (Å²) >= 11 is 0. The number of halogens is 1. The van der Waals surface area contributed by atoms with E-state index in [1.165, 1.54) is 19.2 Å². The van der Waals surface area contributed by atoms with Crippen LogP contribution in [0.4, 0.5) is 10.1 Å². The number of amides is 1. The van der Waals surface area contributed by atoms with Crippen molar-refractivity contribution in [1.29, 1.82) is 0 Å². The molecular formula is C23H24FN3O3. The number of carbonyl (C=O) groups is 1. The van der Waals surface area contributed by atoms with Crippen molar-refractivity contribution in [2.75, 3.05) is 19.5 Å². The third-order valence-corrected chi connectivity index (χ3v) is 5.32. The molecule has 0 saturated carbocycles. The minimum atomic E-state index is -0.326. The van der Waals surface area contributed by atoms with Crippen LogP contribution in [0.5, 0.6) is 11.5 Å². The van der Waals surface area contributed by atoms with E-state index >= 15 is 0 Å². The first-order valence-electron chi connectivity index (χ1n) is 9.99. The number of ether oxygens (including phenoxy) is 2. The van der Waals surface area contributed by atoms with Gasteiger partial charge in [0.15, 0.2) is 0 Å². The first-order chi connectivity index (χ1) is 14.6. The van der Waals surface area contributed by atoms with E-state index < -0.39 is 0 Å². The number of carbonyl (C=O) groups excluding carboxylic acids is 1. The number of nitrogens with one attached hydrogen (secondary N) is 1. The van der Waals surface area contributed by atoms with E-state index in [1.54, 1.807) is 31.4 Å². The average Bonchev–Trinajstić information content (AvgIpc) is 2.95. The number of hydrogen-bond donors (Lipinski definition) is 1. The van der Waals surface area contributed by atoms with Crippen molar-refractivity contribution in [2.45, 2.75) is 32.2 Å². The zero-order valence-corrected chi connectivity index (χ0v) is 17.1. The van der Waals surface area contributed by atoms with Crippen LogP contribution >= 0.6 is 0 Å². The highest BCUT2D eigenvalue weighted by atomic mass is 19.1. The number of anilines is 1. The van der Waals surface area contributed by atoms with Crippen molar-refractivity contribution in [3.63, 3.8) is 0 Å². The Kier molecular flexibility index (Phi) is 5.70. The van der Waals surface area contributed by atoms with Crippen molar-refractivity contribution < 1.29 is 18.7 Å². The van der Waals surface area contributed by atoms with Gasteiger partial charge in [-0.1, -0.05) is 18.6 Å². The molecule has 0 unspecified atom stereocenters. The zero-order valence-electron chi connectivity index (χ0n) is 17.1. The molecule has 30 heavy (non-hydrogen) atoms. The highest BCUT2D eigenvalue weighted by molar-refractivity contribution is 6.05. The number of methoxy groups -OCH3 is 2. The van der Waals surface area contributed by atoms with Crippen molar-refractivity contribution in [3.8, 4) is 22.9 Å². The summed E-state index contributed by atoms with van der Waals surface area (Å²) in [5.41, 5.74) is 2.45. The Morgan fingerprint density at radius 2 is 1.97 bits per heavy atom. The fourth-order valence-corrected chi connectivity index (χ4v) is 3.83. The second-order valence-corrected chi connectivity index (χ2v) is 7.22. The predicted molar refractivity (Wildman–Crippen MR) is 113 cm³/mol. The van der Waals surface area contributed by atoms with Gasteiger partial charge in [-0.3, -0.25) is 4.79 Å². The van der Waals surface area contributed by atoms with Crippen LogP contribution < -0.4 is 14.8 Å². The van der Waals surface area contributed by atoms with Crippen LogP contribution in [0.3, 0.4) is 0 Å². The SMILES string of the molecule is COc1ccc(NC(=O)c2nc(-c3cccc(F)c3)n3c2CCCCC3)c(OC)c1. The van der Waals surface area contributed by atoms with Crippen LogP contribution in [0.15, 0.2) is 42.5 Å². The van der Waals surface area contributed by atoms with Crippen molar-refractivity contribution >= 4 is 11.6 Å². The van der Waals surface area contributed by atoms with E-state index in [4.69, 9.17) is 9.47 Å². The lowest BCUT2D eigenvalue weighted by molar-refractivity contribution is 0.102. The molecule has 1 aliphatic heterocycles. The summed E-state index contributed by atoms with van der Waals surface area (Å²) in [5.74, 6) is 1.12. The van der Waals surface area contributed by atoms with Gasteiger partial charge in [-0.05, 0) is 43.5 Å². The van der Waals surface area contributed by atoms with Crippen LogP contribution in [0.25, 0.3) is 11.4 Å². The lowest BCUT2D eigenvalue weighted by atomic mass is 10.1. The number of benzene rings is 2. The molecule has 3 aromatic rings. The molecule has 0 atom stereocenters. The molecule has 6 nitrogen and oxygen atoms in total. The standard InChI is InChI=1S/C23H24FN3O3/c1-29-17-10-11-18(20(14-17)30-2)25-23(28)21-19-9-4-3-5-12-27(19)22(26-21)15-7-6-8-16(24)13-15/h6-8,10-11,13-14H,3-5,9,12H2,1-2H3,(H,25,28). The summed E-state index contributed by atoms with van der Waals surface area (Å²) in [4.78, 5) is 17.8. The largest absolute Gasteiger partial charge is 0.497 e. The number of nitrogens with zero attached hydrogens (tertiary/aromatic N) is 2. The highest BCUT2D eigenvalue weighted by Crippen LogP contribution is 2.31. The average molecular weight is 409 g/mol. The fraction of sp³-hybridized carbons (Fsp3) is 0.304. The van der Waals surface area contributed by atoms with Crippen LogP contribution in [0.1, 0.15) is 35.4 Å². The molecule has 156 valence electrons. The van der Waals surface area contributed by atoms with E-state index in [0.717, 1.165) is 37.9 Å². The van der Waals surface area contributed by atoms with Gasteiger partial charge in [-0.15, -0.1) is 0 Å². The van der Waals surface area contributed by atoms with Gasteiger partial charge in [0.1, 0.15) is 28.8 Å². The Balaban J connectivity index is 1.73. The summed E-state index contributed by atoms with van der Waals surface area (Å²) in [6.07, 6.45) is 3.82. The highest BCUT2D eigenvalue weighted by Gasteiger charge is 2.25. The monoisotopic (exact) mass is 409 g/mol. The number of rotatable bonds is 5. The van der Waals surface area contributed by atoms with E-state index in [0.29, 0.717) is 34.3 Å². The topological polar surface area (TPSA) is 65.4 Å². The minimum Gasteiger partial charge on any atom is -0.497 e. The smallest absolute Gasteiger partial charge is 0.276 e. The number of fused-ring (bicyclic) bond motifs is 1. The molecule has 0 fully saturated rings. The molecule has 1 amide bonds. The van der Waals surface area contributed by atoms with Gasteiger partial charge in [0.05, 0.1) is 25.6 Å². The van der Waals surface area contributed by atoms with Gasteiger partial charge < -0.3 is 19.4 Å². The lowest BCUT2D eigenvalue weighted by Crippen LogP contribution is -2.16. The molecular weight excluding hydrogens is 385 g/mol. The van der Waals surface area contributed by atoms with Crippen LogP contribution in [0.2, 0.25) is 0 Å². The second kappa shape index (κ2) is 8.57. The molecule has 4 rings (SSSR count). The quantitative estimate of drug-likeness (QED) is 0.664. The Morgan fingerprint density at radius 3 is 2.73 bits per heavy atom. The maximum atomic E-state index is 13.8. The van der Waals surface area contributed by atoms with Gasteiger partial charge >= 0.3 is 0 Å². The number of imidazole rings is 1. The van der Waals surface area contributed by atoms with Crippen LogP contribution in [-0.4, -0.2) is 29.7 Å². The third kappa shape index (κ3) is 3.87. The Bertz CT molecular complexity index is 1080. The summed E-state index contributed by atoms with van der Waals surface area (Å²) in [5, 5.41) is 2.91. The van der Waals surface area contributed by atoms with E-state index in [2.05, 4.69) is 14.9 Å². The zero-order chi connectivity index (χ0) is 21.1. The van der Waals surface area contributed by atoms with Gasteiger partial charge in [-0.2, -0.15) is 0 Å². The predicted octanol–water partition coefficient (Wildman–Crippen LogP) is 4.69. The molecule has 7 heteroatoms. The Hall–Kier alpha value is -3.35. The molecule has 1 aromatic heterocycles. The van der Waals surface area contributed by atoms with Gasteiger partial charge in [0.25, 0.3) is 5.91 Å². The van der Waals surface area contributed by atoms with Crippen molar-refractivity contribution in [3.05, 3.63) is 59.7 Å². The van der Waals surface area contributed by atoms with E-state index in [9.17, 15) is 9.18 Å². The minimum absolute atomic E-state index is 0.313. The molecule has 0 bridgehead atoms. The third-order valence-electron chi connectivity index (χ3n) is 5.32. The molecule has 0 aliphatic carbocycles. The van der Waals surface area contributed by atoms with Crippen molar-refractivity contribution in [1.82, 2.24) is 9.55 Å². The fourth-order valence-electron chi connectivity index (χ4n) is 3.83. The second-order valence-electron chi connectivity index (χ2n) is 7.22.